The SMILES string of the molecule is Cc1c(CNc2ccc(C#N)cc2Cl)cccc1[N+](=O)[O-]. The Morgan fingerprint density at radius 3 is 2.76 bits per heavy atom. The Labute approximate surface area is 126 Å². The van der Waals surface area contributed by atoms with E-state index in [2.05, 4.69) is 5.32 Å². The molecular formula is C15H12ClN3O2. The minimum atomic E-state index is -0.395. The summed E-state index contributed by atoms with van der Waals surface area (Å²) in [6, 6.07) is 11.9. The molecule has 0 aliphatic rings. The van der Waals surface area contributed by atoms with Gasteiger partial charge >= 0.3 is 0 Å². The first kappa shape index (κ1) is 14.8. The van der Waals surface area contributed by atoms with Crippen LogP contribution in [0.3, 0.4) is 0 Å². The van der Waals surface area contributed by atoms with Crippen LogP contribution in [0.4, 0.5) is 11.4 Å². The summed E-state index contributed by atoms with van der Waals surface area (Å²) in [5.41, 5.74) is 2.71. The number of halogens is 1. The predicted octanol–water partition coefficient (Wildman–Crippen LogP) is 4.04. The number of nitrogens with one attached hydrogen (secondary N) is 1. The van der Waals surface area contributed by atoms with Gasteiger partial charge in [0, 0.05) is 18.2 Å². The Morgan fingerprint density at radius 1 is 1.38 bits per heavy atom. The summed E-state index contributed by atoms with van der Waals surface area (Å²) in [5.74, 6) is 0. The van der Waals surface area contributed by atoms with Crippen molar-refractivity contribution < 1.29 is 4.92 Å². The Hall–Kier alpha value is -2.58. The number of benzene rings is 2. The Morgan fingerprint density at radius 2 is 2.14 bits per heavy atom. The van der Waals surface area contributed by atoms with Gasteiger partial charge in [-0.05, 0) is 30.7 Å². The van der Waals surface area contributed by atoms with Gasteiger partial charge in [0.15, 0.2) is 0 Å². The summed E-state index contributed by atoms with van der Waals surface area (Å²) in [6.45, 7) is 2.13. The molecule has 0 aliphatic carbocycles. The Bertz CT molecular complexity index is 738. The van der Waals surface area contributed by atoms with Crippen LogP contribution in [0.1, 0.15) is 16.7 Å². The molecule has 0 saturated heterocycles. The third kappa shape index (κ3) is 3.30. The Kier molecular flexibility index (Phi) is 4.41. The zero-order valence-corrected chi connectivity index (χ0v) is 12.0. The van der Waals surface area contributed by atoms with Gasteiger partial charge < -0.3 is 5.32 Å². The molecule has 2 aromatic carbocycles. The summed E-state index contributed by atoms with van der Waals surface area (Å²) >= 11 is 6.07. The van der Waals surface area contributed by atoms with Crippen LogP contribution in [-0.4, -0.2) is 4.92 Å². The van der Waals surface area contributed by atoms with Gasteiger partial charge in [0.05, 0.1) is 27.3 Å². The van der Waals surface area contributed by atoms with Crippen molar-refractivity contribution in [1.82, 2.24) is 0 Å². The number of nitriles is 1. The molecule has 21 heavy (non-hydrogen) atoms. The number of nitro benzene ring substituents is 1. The molecule has 0 heterocycles. The summed E-state index contributed by atoms with van der Waals surface area (Å²) in [4.78, 5) is 10.5. The first-order chi connectivity index (χ1) is 10.0. The highest BCUT2D eigenvalue weighted by molar-refractivity contribution is 6.33. The first-order valence-electron chi connectivity index (χ1n) is 6.19. The normalized spacial score (nSPS) is 9.95. The molecule has 1 N–H and O–H groups in total. The molecule has 0 unspecified atom stereocenters. The third-order valence-corrected chi connectivity index (χ3v) is 3.49. The van der Waals surface area contributed by atoms with E-state index in [0.717, 1.165) is 5.56 Å². The molecule has 2 rings (SSSR count). The van der Waals surface area contributed by atoms with Gasteiger partial charge in [-0.15, -0.1) is 0 Å². The van der Waals surface area contributed by atoms with Gasteiger partial charge in [-0.3, -0.25) is 10.1 Å². The fourth-order valence-corrected chi connectivity index (χ4v) is 2.23. The zero-order chi connectivity index (χ0) is 15.4. The maximum absolute atomic E-state index is 10.9. The fourth-order valence-electron chi connectivity index (χ4n) is 1.98. The van der Waals surface area contributed by atoms with Crippen molar-refractivity contribution in [3.63, 3.8) is 0 Å². The largest absolute Gasteiger partial charge is 0.380 e. The second kappa shape index (κ2) is 6.25. The Balaban J connectivity index is 2.19. The minimum Gasteiger partial charge on any atom is -0.380 e. The number of hydrogen-bond donors (Lipinski definition) is 1. The van der Waals surface area contributed by atoms with E-state index in [1.165, 1.54) is 6.07 Å². The van der Waals surface area contributed by atoms with Gasteiger partial charge in [0.25, 0.3) is 5.69 Å². The topological polar surface area (TPSA) is 79.0 Å². The molecule has 0 amide bonds. The lowest BCUT2D eigenvalue weighted by molar-refractivity contribution is -0.385. The smallest absolute Gasteiger partial charge is 0.272 e. The van der Waals surface area contributed by atoms with Crippen molar-refractivity contribution >= 4 is 23.0 Å². The summed E-state index contributed by atoms with van der Waals surface area (Å²) in [6.07, 6.45) is 0. The van der Waals surface area contributed by atoms with E-state index in [1.807, 2.05) is 12.1 Å². The number of nitro groups is 1. The summed E-state index contributed by atoms with van der Waals surface area (Å²) in [7, 11) is 0. The van der Waals surface area contributed by atoms with Crippen LogP contribution < -0.4 is 5.32 Å². The van der Waals surface area contributed by atoms with Crippen molar-refractivity contribution in [3.05, 3.63) is 68.2 Å². The lowest BCUT2D eigenvalue weighted by Gasteiger charge is -2.10. The van der Waals surface area contributed by atoms with E-state index in [4.69, 9.17) is 16.9 Å². The van der Waals surface area contributed by atoms with E-state index in [-0.39, 0.29) is 5.69 Å². The van der Waals surface area contributed by atoms with Crippen molar-refractivity contribution in [1.29, 1.82) is 5.26 Å². The zero-order valence-electron chi connectivity index (χ0n) is 11.3. The maximum atomic E-state index is 10.9. The lowest BCUT2D eigenvalue weighted by atomic mass is 10.1. The maximum Gasteiger partial charge on any atom is 0.272 e. The van der Waals surface area contributed by atoms with Crippen LogP contribution in [0.5, 0.6) is 0 Å². The van der Waals surface area contributed by atoms with Crippen molar-refractivity contribution in [2.45, 2.75) is 13.5 Å². The summed E-state index contributed by atoms with van der Waals surface area (Å²) in [5, 5.41) is 23.3. The van der Waals surface area contributed by atoms with Crippen LogP contribution in [0, 0.1) is 28.4 Å². The molecule has 0 radical (unpaired) electrons. The molecule has 0 spiro atoms. The van der Waals surface area contributed by atoms with Crippen molar-refractivity contribution in [2.24, 2.45) is 0 Å². The first-order valence-corrected chi connectivity index (χ1v) is 6.57. The van der Waals surface area contributed by atoms with E-state index in [1.54, 1.807) is 31.2 Å². The minimum absolute atomic E-state index is 0.0974. The van der Waals surface area contributed by atoms with Gasteiger partial charge in [0.2, 0.25) is 0 Å². The highest BCUT2D eigenvalue weighted by atomic mass is 35.5. The molecule has 5 nitrogen and oxygen atoms in total. The van der Waals surface area contributed by atoms with E-state index < -0.39 is 4.92 Å². The second-order valence-electron chi connectivity index (χ2n) is 4.48. The van der Waals surface area contributed by atoms with Crippen LogP contribution in [0.2, 0.25) is 5.02 Å². The number of anilines is 1. The molecule has 0 aromatic heterocycles. The molecule has 0 saturated carbocycles. The average Bonchev–Trinajstić information content (AvgIpc) is 2.46. The lowest BCUT2D eigenvalue weighted by Crippen LogP contribution is -2.03. The van der Waals surface area contributed by atoms with Crippen LogP contribution in [0.25, 0.3) is 0 Å². The van der Waals surface area contributed by atoms with Gasteiger partial charge in [-0.2, -0.15) is 5.26 Å². The molecule has 0 aliphatic heterocycles. The fraction of sp³-hybridized carbons (Fsp3) is 0.133. The highest BCUT2D eigenvalue weighted by Crippen LogP contribution is 2.25. The highest BCUT2D eigenvalue weighted by Gasteiger charge is 2.13. The van der Waals surface area contributed by atoms with Crippen LogP contribution in [0.15, 0.2) is 36.4 Å². The van der Waals surface area contributed by atoms with E-state index >= 15 is 0 Å². The second-order valence-corrected chi connectivity index (χ2v) is 4.89. The van der Waals surface area contributed by atoms with Crippen molar-refractivity contribution in [2.75, 3.05) is 5.32 Å². The van der Waals surface area contributed by atoms with Gasteiger partial charge in [-0.25, -0.2) is 0 Å². The molecule has 0 atom stereocenters. The van der Waals surface area contributed by atoms with Gasteiger partial charge in [-0.1, -0.05) is 23.7 Å². The van der Waals surface area contributed by atoms with Crippen LogP contribution >= 0.6 is 11.6 Å². The number of nitrogens with zero attached hydrogens (tertiary/aromatic N) is 2. The quantitative estimate of drug-likeness (QED) is 0.682. The molecule has 2 aromatic rings. The third-order valence-electron chi connectivity index (χ3n) is 3.18. The van der Waals surface area contributed by atoms with Gasteiger partial charge in [0.1, 0.15) is 0 Å². The van der Waals surface area contributed by atoms with E-state index in [0.29, 0.717) is 28.4 Å². The number of rotatable bonds is 4. The summed E-state index contributed by atoms with van der Waals surface area (Å²) < 4.78 is 0. The predicted molar refractivity (Wildman–Crippen MR) is 81.3 cm³/mol. The molecule has 106 valence electrons. The molecule has 0 fully saturated rings. The van der Waals surface area contributed by atoms with Crippen LogP contribution in [-0.2, 0) is 6.54 Å². The van der Waals surface area contributed by atoms with E-state index in [9.17, 15) is 10.1 Å². The molecular weight excluding hydrogens is 290 g/mol. The monoisotopic (exact) mass is 301 g/mol. The average molecular weight is 302 g/mol. The van der Waals surface area contributed by atoms with Crippen molar-refractivity contribution in [3.8, 4) is 6.07 Å². The molecule has 0 bridgehead atoms. The molecule has 6 heteroatoms. The standard InChI is InChI=1S/C15H12ClN3O2/c1-10-12(3-2-4-15(10)19(20)21)9-18-14-6-5-11(8-17)7-13(14)16/h2-7,18H,9H2,1H3. The number of hydrogen-bond acceptors (Lipinski definition) is 4.